The number of anilines is 1. The molecule has 0 aliphatic heterocycles. The first kappa shape index (κ1) is 19.7. The molecule has 0 spiro atoms. The lowest BCUT2D eigenvalue weighted by Gasteiger charge is -2.35. The van der Waals surface area contributed by atoms with Gasteiger partial charge in [-0.25, -0.2) is 4.79 Å². The van der Waals surface area contributed by atoms with Gasteiger partial charge in [0.1, 0.15) is 5.69 Å². The van der Waals surface area contributed by atoms with Crippen LogP contribution in [0, 0.1) is 22.0 Å². The molecule has 0 heterocycles. The lowest BCUT2D eigenvalue weighted by molar-refractivity contribution is -0.383. The van der Waals surface area contributed by atoms with Crippen LogP contribution in [-0.4, -0.2) is 28.9 Å². The van der Waals surface area contributed by atoms with Crippen LogP contribution in [-0.2, 0) is 9.53 Å². The summed E-state index contributed by atoms with van der Waals surface area (Å²) in [4.78, 5) is 34.8. The van der Waals surface area contributed by atoms with Crippen molar-refractivity contribution in [1.82, 2.24) is 5.32 Å². The predicted molar refractivity (Wildman–Crippen MR) is 96.5 cm³/mol. The van der Waals surface area contributed by atoms with Crippen molar-refractivity contribution >= 4 is 23.3 Å². The Kier molecular flexibility index (Phi) is 6.18. The molecule has 142 valence electrons. The summed E-state index contributed by atoms with van der Waals surface area (Å²) >= 11 is 0. The average Bonchev–Trinajstić information content (AvgIpc) is 2.58. The number of amides is 1. The molecular formula is C18H25N3O5. The number of nitro benzene ring substituents is 1. The van der Waals surface area contributed by atoms with Gasteiger partial charge in [-0.05, 0) is 37.3 Å². The first-order valence-electron chi connectivity index (χ1n) is 8.76. The Morgan fingerprint density at radius 2 is 2.04 bits per heavy atom. The molecule has 4 atom stereocenters. The van der Waals surface area contributed by atoms with Crippen LogP contribution in [0.5, 0.6) is 0 Å². The molecule has 3 N–H and O–H groups in total. The number of benzene rings is 1. The number of carbonyl (C=O) groups is 2. The highest BCUT2D eigenvalue weighted by molar-refractivity contribution is 5.93. The quantitative estimate of drug-likeness (QED) is 0.359. The molecule has 0 bridgehead atoms. The van der Waals surface area contributed by atoms with E-state index in [1.165, 1.54) is 19.1 Å². The fraction of sp³-hybridized carbons (Fsp3) is 0.556. The molecule has 0 radical (unpaired) electrons. The number of carbonyl (C=O) groups excluding carboxylic acids is 2. The van der Waals surface area contributed by atoms with Crippen molar-refractivity contribution in [2.24, 2.45) is 11.8 Å². The monoisotopic (exact) mass is 363 g/mol. The number of esters is 1. The van der Waals surface area contributed by atoms with E-state index in [1.54, 1.807) is 0 Å². The second-order valence-electron chi connectivity index (χ2n) is 6.96. The van der Waals surface area contributed by atoms with Crippen molar-refractivity contribution in [2.45, 2.75) is 52.2 Å². The Labute approximate surface area is 152 Å². The van der Waals surface area contributed by atoms with Gasteiger partial charge in [-0.1, -0.05) is 26.7 Å². The van der Waals surface area contributed by atoms with E-state index in [-0.39, 0.29) is 28.9 Å². The summed E-state index contributed by atoms with van der Waals surface area (Å²) in [5.41, 5.74) is 5.07. The van der Waals surface area contributed by atoms with Crippen molar-refractivity contribution in [3.05, 3.63) is 33.9 Å². The lowest BCUT2D eigenvalue weighted by atomic mass is 9.78. The first-order chi connectivity index (χ1) is 12.2. The first-order valence-corrected chi connectivity index (χ1v) is 8.76. The molecule has 2 rings (SSSR count). The van der Waals surface area contributed by atoms with Gasteiger partial charge >= 0.3 is 5.97 Å². The fourth-order valence-electron chi connectivity index (χ4n) is 3.20. The van der Waals surface area contributed by atoms with Crippen LogP contribution in [0.1, 0.15) is 50.4 Å². The van der Waals surface area contributed by atoms with Crippen molar-refractivity contribution < 1.29 is 19.2 Å². The van der Waals surface area contributed by atoms with Gasteiger partial charge in [0.05, 0.1) is 10.5 Å². The van der Waals surface area contributed by atoms with E-state index in [0.29, 0.717) is 11.8 Å². The van der Waals surface area contributed by atoms with Gasteiger partial charge in [0, 0.05) is 12.1 Å². The third-order valence-corrected chi connectivity index (χ3v) is 5.15. The molecule has 26 heavy (non-hydrogen) atoms. The minimum Gasteiger partial charge on any atom is -0.449 e. The maximum absolute atomic E-state index is 12.3. The van der Waals surface area contributed by atoms with E-state index in [9.17, 15) is 19.7 Å². The smallest absolute Gasteiger partial charge is 0.339 e. The number of hydrogen-bond acceptors (Lipinski definition) is 6. The van der Waals surface area contributed by atoms with Crippen molar-refractivity contribution in [1.29, 1.82) is 0 Å². The van der Waals surface area contributed by atoms with E-state index >= 15 is 0 Å². The van der Waals surface area contributed by atoms with Gasteiger partial charge in [-0.3, -0.25) is 14.9 Å². The highest BCUT2D eigenvalue weighted by Crippen LogP contribution is 2.29. The molecule has 8 heteroatoms. The van der Waals surface area contributed by atoms with Gasteiger partial charge in [0.15, 0.2) is 6.10 Å². The number of rotatable bonds is 5. The highest BCUT2D eigenvalue weighted by atomic mass is 16.6. The van der Waals surface area contributed by atoms with Gasteiger partial charge in [0.25, 0.3) is 11.6 Å². The second kappa shape index (κ2) is 8.16. The van der Waals surface area contributed by atoms with E-state index in [0.717, 1.165) is 25.3 Å². The predicted octanol–water partition coefficient (Wildman–Crippen LogP) is 2.66. The van der Waals surface area contributed by atoms with Crippen LogP contribution in [0.25, 0.3) is 0 Å². The van der Waals surface area contributed by atoms with Gasteiger partial charge in [0.2, 0.25) is 0 Å². The van der Waals surface area contributed by atoms with Gasteiger partial charge < -0.3 is 15.8 Å². The molecule has 0 saturated heterocycles. The van der Waals surface area contributed by atoms with E-state index in [1.807, 2.05) is 0 Å². The Balaban J connectivity index is 1.99. The number of nitrogens with two attached hydrogens (primary N) is 1. The van der Waals surface area contributed by atoms with E-state index in [2.05, 4.69) is 19.2 Å². The zero-order valence-corrected chi connectivity index (χ0v) is 15.2. The molecular weight excluding hydrogens is 338 g/mol. The molecule has 1 aromatic carbocycles. The lowest BCUT2D eigenvalue weighted by Crippen LogP contribution is -2.47. The minimum atomic E-state index is -0.997. The Morgan fingerprint density at radius 1 is 1.35 bits per heavy atom. The summed E-state index contributed by atoms with van der Waals surface area (Å²) in [7, 11) is 0. The molecule has 0 aromatic heterocycles. The van der Waals surface area contributed by atoms with E-state index in [4.69, 9.17) is 10.5 Å². The summed E-state index contributed by atoms with van der Waals surface area (Å²) in [5, 5.41) is 13.9. The topological polar surface area (TPSA) is 125 Å². The van der Waals surface area contributed by atoms with Crippen LogP contribution in [0.3, 0.4) is 0 Å². The Morgan fingerprint density at radius 3 is 2.69 bits per heavy atom. The molecule has 1 amide bonds. The average molecular weight is 363 g/mol. The molecule has 8 nitrogen and oxygen atoms in total. The summed E-state index contributed by atoms with van der Waals surface area (Å²) < 4.78 is 5.16. The van der Waals surface area contributed by atoms with Crippen molar-refractivity contribution in [2.75, 3.05) is 5.73 Å². The van der Waals surface area contributed by atoms with Crippen LogP contribution in [0.4, 0.5) is 11.4 Å². The summed E-state index contributed by atoms with van der Waals surface area (Å²) in [6, 6.07) is 3.71. The number of ether oxygens (including phenoxy) is 1. The van der Waals surface area contributed by atoms with Crippen molar-refractivity contribution in [3.8, 4) is 0 Å². The van der Waals surface area contributed by atoms with Crippen LogP contribution < -0.4 is 11.1 Å². The SMILES string of the molecule is C[C@H]1[C@@H](NC(=O)[C@@H](C)OC(=O)c2ccc(N)c([N+](=O)[O-])c2)CCC[C@@H]1C. The molecule has 1 aliphatic carbocycles. The maximum Gasteiger partial charge on any atom is 0.339 e. The van der Waals surface area contributed by atoms with Crippen LogP contribution >= 0.6 is 0 Å². The van der Waals surface area contributed by atoms with Crippen LogP contribution in [0.15, 0.2) is 18.2 Å². The molecule has 1 fully saturated rings. The fourth-order valence-corrected chi connectivity index (χ4v) is 3.20. The van der Waals surface area contributed by atoms with Crippen LogP contribution in [0.2, 0.25) is 0 Å². The van der Waals surface area contributed by atoms with Crippen molar-refractivity contribution in [3.63, 3.8) is 0 Å². The number of nitrogens with one attached hydrogen (secondary N) is 1. The number of nitrogen functional groups attached to an aromatic ring is 1. The summed E-state index contributed by atoms with van der Waals surface area (Å²) in [6.07, 6.45) is 2.11. The third kappa shape index (κ3) is 4.50. The standard InChI is InChI=1S/C18H25N3O5/c1-10-5-4-6-15(11(10)2)20-17(22)12(3)26-18(23)13-7-8-14(19)16(9-13)21(24)25/h7-12,15H,4-6,19H2,1-3H3,(H,20,22)/t10-,11+,12+,15-/m0/s1. The maximum atomic E-state index is 12.3. The normalized spacial score (nSPS) is 23.7. The highest BCUT2D eigenvalue weighted by Gasteiger charge is 2.30. The molecule has 1 aromatic rings. The van der Waals surface area contributed by atoms with Gasteiger partial charge in [-0.15, -0.1) is 0 Å². The number of nitrogens with zero attached hydrogens (tertiary/aromatic N) is 1. The molecule has 1 aliphatic rings. The third-order valence-electron chi connectivity index (χ3n) is 5.15. The summed E-state index contributed by atoms with van der Waals surface area (Å²) in [6.45, 7) is 5.76. The van der Waals surface area contributed by atoms with E-state index < -0.39 is 17.0 Å². The summed E-state index contributed by atoms with van der Waals surface area (Å²) in [5.74, 6) is -0.285. The largest absolute Gasteiger partial charge is 0.449 e. The minimum absolute atomic E-state index is 0.0230. The molecule has 0 unspecified atom stereocenters. The number of nitro groups is 1. The Bertz CT molecular complexity index is 706. The number of hydrogen-bond donors (Lipinski definition) is 2. The van der Waals surface area contributed by atoms with Gasteiger partial charge in [-0.2, -0.15) is 0 Å². The molecule has 1 saturated carbocycles. The Hall–Kier alpha value is -2.64. The zero-order chi connectivity index (χ0) is 19.4. The zero-order valence-electron chi connectivity index (χ0n) is 15.2. The second-order valence-corrected chi connectivity index (χ2v) is 6.96.